The lowest BCUT2D eigenvalue weighted by atomic mass is 10.0. The lowest BCUT2D eigenvalue weighted by molar-refractivity contribution is 0.620. The third-order valence-electron chi connectivity index (χ3n) is 8.00. The molecule has 5 nitrogen and oxygen atoms in total. The van der Waals surface area contributed by atoms with Crippen LogP contribution in [0.4, 0.5) is 0 Å². The summed E-state index contributed by atoms with van der Waals surface area (Å²) >= 11 is 0. The van der Waals surface area contributed by atoms with E-state index in [2.05, 4.69) is 48.5 Å². The summed E-state index contributed by atoms with van der Waals surface area (Å²) in [6, 6.07) is 48.6. The number of nitrogens with one attached hydrogen (secondary N) is 1. The first-order valence-corrected chi connectivity index (χ1v) is 14.8. The van der Waals surface area contributed by atoms with Gasteiger partial charge in [0.1, 0.15) is 5.52 Å². The van der Waals surface area contributed by atoms with Crippen LogP contribution in [-0.2, 0) is 0 Å². The Morgan fingerprint density at radius 3 is 2.04 bits per heavy atom. The Morgan fingerprint density at radius 2 is 1.24 bits per heavy atom. The average Bonchev–Trinajstić information content (AvgIpc) is 3.55. The summed E-state index contributed by atoms with van der Waals surface area (Å²) in [7, 11) is 0. The molecule has 0 unspecified atom stereocenters. The van der Waals surface area contributed by atoms with Gasteiger partial charge in [0.25, 0.3) is 0 Å². The van der Waals surface area contributed by atoms with E-state index in [0.717, 1.165) is 54.7 Å². The fraction of sp³-hybridized carbons (Fsp3) is 0. The molecule has 0 aliphatic heterocycles. The number of hydrogen-bond acceptors (Lipinski definition) is 3. The monoisotopic (exact) mass is 578 g/mol. The van der Waals surface area contributed by atoms with Gasteiger partial charge in [0.2, 0.25) is 5.89 Å². The summed E-state index contributed by atoms with van der Waals surface area (Å²) in [5.41, 5.74) is 4.95. The second-order valence-corrected chi connectivity index (χ2v) is 10.9. The predicted octanol–water partition coefficient (Wildman–Crippen LogP) is 9.85. The number of benzene rings is 7. The molecule has 0 radical (unpaired) electrons. The molecule has 5 heteroatoms. The summed E-state index contributed by atoms with van der Waals surface area (Å²) in [6.45, 7) is 0. The molecule has 0 aliphatic carbocycles. The first kappa shape index (κ1) is 26.4. The van der Waals surface area contributed by atoms with Crippen molar-refractivity contribution in [2.75, 3.05) is 0 Å². The van der Waals surface area contributed by atoms with Gasteiger partial charge in [-0.1, -0.05) is 109 Å². The second-order valence-electron chi connectivity index (χ2n) is 10.9. The van der Waals surface area contributed by atoms with Gasteiger partial charge in [-0.25, -0.2) is 15.0 Å². The number of aromatic nitrogens is 1. The normalized spacial score (nSPS) is 12.1. The number of fused-ring (bicyclic) bond motifs is 5. The van der Waals surface area contributed by atoms with Crippen LogP contribution < -0.4 is 0 Å². The van der Waals surface area contributed by atoms with Gasteiger partial charge in [-0.05, 0) is 68.9 Å². The molecule has 0 spiro atoms. The van der Waals surface area contributed by atoms with E-state index >= 15 is 0 Å². The van der Waals surface area contributed by atoms with Crippen molar-refractivity contribution in [2.24, 2.45) is 9.98 Å². The maximum Gasteiger partial charge on any atom is 0.227 e. The number of aliphatic imine (C=N–C) groups is 2. The maximum atomic E-state index is 9.02. The minimum Gasteiger partial charge on any atom is -0.436 e. The minimum absolute atomic E-state index is 0.126. The molecule has 45 heavy (non-hydrogen) atoms. The second kappa shape index (κ2) is 11.1. The summed E-state index contributed by atoms with van der Waals surface area (Å²) in [5.74, 6) is 1.18. The Bertz CT molecular complexity index is 2460. The van der Waals surface area contributed by atoms with E-state index in [1.54, 1.807) is 0 Å². The molecule has 212 valence electrons. The van der Waals surface area contributed by atoms with Gasteiger partial charge in [0.05, 0.1) is 0 Å². The highest BCUT2D eigenvalue weighted by Crippen LogP contribution is 2.30. The van der Waals surface area contributed by atoms with Crippen LogP contribution in [-0.4, -0.2) is 22.9 Å². The summed E-state index contributed by atoms with van der Waals surface area (Å²) in [4.78, 5) is 14.4. The predicted molar refractivity (Wildman–Crippen MR) is 186 cm³/mol. The van der Waals surface area contributed by atoms with Crippen LogP contribution in [0.2, 0.25) is 0 Å². The van der Waals surface area contributed by atoms with Crippen molar-refractivity contribution in [3.8, 4) is 11.5 Å². The van der Waals surface area contributed by atoms with E-state index in [9.17, 15) is 0 Å². The Kier molecular flexibility index (Phi) is 6.54. The van der Waals surface area contributed by atoms with Crippen molar-refractivity contribution in [3.05, 3.63) is 162 Å². The molecule has 7 aromatic carbocycles. The molecule has 8 aromatic rings. The molecule has 0 saturated carbocycles. The van der Waals surface area contributed by atoms with Crippen molar-refractivity contribution < 1.29 is 4.42 Å². The van der Waals surface area contributed by atoms with E-state index < -0.39 is 0 Å². The molecule has 1 aromatic heterocycles. The molecule has 0 aliphatic rings. The highest BCUT2D eigenvalue weighted by Gasteiger charge is 2.13. The molecular formula is C40H26N4O. The maximum absolute atomic E-state index is 9.02. The van der Waals surface area contributed by atoms with Crippen LogP contribution in [0.1, 0.15) is 16.7 Å². The molecule has 0 saturated heterocycles. The zero-order chi connectivity index (χ0) is 30.2. The zero-order valence-corrected chi connectivity index (χ0v) is 24.2. The SMILES string of the molecule is N=C(N=C(N=Cc1ccc2ccccc2c1)c1ccc2ccccc2c1)c1ccc2c(ccc3oc(-c4ccccc4)nc32)c1. The van der Waals surface area contributed by atoms with Gasteiger partial charge in [-0.15, -0.1) is 0 Å². The highest BCUT2D eigenvalue weighted by atomic mass is 16.3. The minimum atomic E-state index is 0.126. The number of nitrogens with zero attached hydrogens (tertiary/aromatic N) is 3. The van der Waals surface area contributed by atoms with Crippen molar-refractivity contribution in [1.29, 1.82) is 5.41 Å². The van der Waals surface area contributed by atoms with Crippen LogP contribution in [0.5, 0.6) is 0 Å². The summed E-state index contributed by atoms with van der Waals surface area (Å²) < 4.78 is 6.07. The fourth-order valence-corrected chi connectivity index (χ4v) is 5.66. The standard InChI is InChI=1S/C40H26N4O/c41-38(33-18-20-35-32(24-33)19-21-36-37(35)43-40(45-36)29-10-2-1-3-11-29)44-39(34-17-16-28-9-5-7-13-31(28)23-34)42-25-26-14-15-27-8-4-6-12-30(27)22-26/h1-25,41H. The molecule has 0 amide bonds. The third-order valence-corrected chi connectivity index (χ3v) is 8.00. The molecule has 0 atom stereocenters. The quantitative estimate of drug-likeness (QED) is 0.167. The Morgan fingerprint density at radius 1 is 0.600 bits per heavy atom. The summed E-state index contributed by atoms with van der Waals surface area (Å²) in [5, 5.41) is 15.5. The first-order valence-electron chi connectivity index (χ1n) is 14.8. The Labute approximate surface area is 259 Å². The first-order chi connectivity index (χ1) is 22.2. The van der Waals surface area contributed by atoms with Crippen molar-refractivity contribution in [2.45, 2.75) is 0 Å². The van der Waals surface area contributed by atoms with Crippen LogP contribution in [0.25, 0.3) is 54.9 Å². The number of amidine groups is 2. The molecular weight excluding hydrogens is 552 g/mol. The van der Waals surface area contributed by atoms with E-state index in [1.165, 1.54) is 5.39 Å². The van der Waals surface area contributed by atoms with Gasteiger partial charge < -0.3 is 4.42 Å². The van der Waals surface area contributed by atoms with Gasteiger partial charge in [0.15, 0.2) is 17.3 Å². The van der Waals surface area contributed by atoms with Gasteiger partial charge in [-0.2, -0.15) is 0 Å². The van der Waals surface area contributed by atoms with Gasteiger partial charge >= 0.3 is 0 Å². The van der Waals surface area contributed by atoms with Crippen LogP contribution in [0, 0.1) is 5.41 Å². The van der Waals surface area contributed by atoms with E-state index in [4.69, 9.17) is 24.8 Å². The molecule has 0 fully saturated rings. The highest BCUT2D eigenvalue weighted by molar-refractivity contribution is 6.15. The van der Waals surface area contributed by atoms with Crippen LogP contribution in [0.15, 0.2) is 160 Å². The molecule has 1 N–H and O–H groups in total. The van der Waals surface area contributed by atoms with Gasteiger partial charge in [-0.3, -0.25) is 5.41 Å². The fourth-order valence-electron chi connectivity index (χ4n) is 5.66. The number of rotatable bonds is 4. The number of oxazole rings is 1. The topological polar surface area (TPSA) is 74.6 Å². The lowest BCUT2D eigenvalue weighted by Gasteiger charge is -2.07. The van der Waals surface area contributed by atoms with Crippen LogP contribution >= 0.6 is 0 Å². The third kappa shape index (κ3) is 5.17. The van der Waals surface area contributed by atoms with Gasteiger partial charge in [0, 0.05) is 28.3 Å². The summed E-state index contributed by atoms with van der Waals surface area (Å²) in [6.07, 6.45) is 1.82. The largest absolute Gasteiger partial charge is 0.436 e. The average molecular weight is 579 g/mol. The smallest absolute Gasteiger partial charge is 0.227 e. The van der Waals surface area contributed by atoms with Crippen molar-refractivity contribution in [1.82, 2.24) is 4.98 Å². The van der Waals surface area contributed by atoms with E-state index in [-0.39, 0.29) is 5.84 Å². The van der Waals surface area contributed by atoms with Crippen molar-refractivity contribution in [3.63, 3.8) is 0 Å². The number of hydrogen-bond donors (Lipinski definition) is 1. The molecule has 0 bridgehead atoms. The zero-order valence-electron chi connectivity index (χ0n) is 24.2. The molecule has 1 heterocycles. The van der Waals surface area contributed by atoms with E-state index in [1.807, 2.05) is 103 Å². The molecule has 8 rings (SSSR count). The van der Waals surface area contributed by atoms with Crippen LogP contribution in [0.3, 0.4) is 0 Å². The Balaban J connectivity index is 1.18. The van der Waals surface area contributed by atoms with Crippen molar-refractivity contribution >= 4 is 61.3 Å². The Hall–Kier alpha value is -6.20. The lowest BCUT2D eigenvalue weighted by Crippen LogP contribution is -2.05. The van der Waals surface area contributed by atoms with E-state index in [0.29, 0.717) is 17.3 Å².